The highest BCUT2D eigenvalue weighted by Gasteiger charge is 2.19. The van der Waals surface area contributed by atoms with Gasteiger partial charge < -0.3 is 20.1 Å². The molecule has 0 rings (SSSR count). The molecule has 0 bridgehead atoms. The van der Waals surface area contributed by atoms with Crippen LogP contribution in [0.1, 0.15) is 12.8 Å². The molecule has 15 heavy (non-hydrogen) atoms. The average Bonchev–Trinajstić information content (AvgIpc) is 2.15. The highest BCUT2D eigenvalue weighted by molar-refractivity contribution is 5.82. The lowest BCUT2D eigenvalue weighted by molar-refractivity contribution is -0.139. The third kappa shape index (κ3) is 5.90. The second-order valence-electron chi connectivity index (χ2n) is 3.37. The smallest absolute Gasteiger partial charge is 0.326 e. The van der Waals surface area contributed by atoms with E-state index in [1.807, 2.05) is 0 Å². The minimum absolute atomic E-state index is 0.364. The summed E-state index contributed by atoms with van der Waals surface area (Å²) in [4.78, 5) is 23.3. The van der Waals surface area contributed by atoms with Crippen molar-refractivity contribution >= 4 is 12.0 Å². The second kappa shape index (κ2) is 7.05. The Balaban J connectivity index is 4.05. The largest absolute Gasteiger partial charge is 0.480 e. The highest BCUT2D eigenvalue weighted by Crippen LogP contribution is 1.98. The number of hydrogen-bond donors (Lipinski definition) is 2. The topological polar surface area (TPSA) is 78.9 Å². The van der Waals surface area contributed by atoms with Gasteiger partial charge in [-0.2, -0.15) is 0 Å². The van der Waals surface area contributed by atoms with E-state index in [0.29, 0.717) is 19.4 Å². The molecule has 0 spiro atoms. The first kappa shape index (κ1) is 13.7. The van der Waals surface area contributed by atoms with Gasteiger partial charge in [0.15, 0.2) is 0 Å². The van der Waals surface area contributed by atoms with Crippen LogP contribution in [0.25, 0.3) is 0 Å². The van der Waals surface area contributed by atoms with E-state index in [0.717, 1.165) is 0 Å². The average molecular weight is 218 g/mol. The molecule has 6 nitrogen and oxygen atoms in total. The van der Waals surface area contributed by atoms with Crippen molar-refractivity contribution in [3.05, 3.63) is 0 Å². The van der Waals surface area contributed by atoms with E-state index in [4.69, 9.17) is 9.84 Å². The van der Waals surface area contributed by atoms with Crippen LogP contribution in [0.3, 0.4) is 0 Å². The van der Waals surface area contributed by atoms with Gasteiger partial charge in [0.2, 0.25) is 0 Å². The predicted octanol–water partition coefficient (Wildman–Crippen LogP) is 0.137. The first-order chi connectivity index (χ1) is 6.99. The fourth-order valence-corrected chi connectivity index (χ4v) is 0.967. The molecule has 88 valence electrons. The van der Waals surface area contributed by atoms with Crippen LogP contribution in [0, 0.1) is 0 Å². The summed E-state index contributed by atoms with van der Waals surface area (Å²) < 4.78 is 4.81. The van der Waals surface area contributed by atoms with Crippen LogP contribution in [0.15, 0.2) is 0 Å². The molecule has 0 aromatic rings. The van der Waals surface area contributed by atoms with Gasteiger partial charge in [0.05, 0.1) is 0 Å². The number of carboxylic acids is 1. The summed E-state index contributed by atoms with van der Waals surface area (Å²) >= 11 is 0. The Morgan fingerprint density at radius 2 is 2.07 bits per heavy atom. The Kier molecular flexibility index (Phi) is 6.44. The van der Waals surface area contributed by atoms with Gasteiger partial charge in [0, 0.05) is 27.8 Å². The number of carbonyl (C=O) groups excluding carboxylic acids is 1. The summed E-state index contributed by atoms with van der Waals surface area (Å²) in [6, 6.07) is -1.25. The molecule has 0 fully saturated rings. The van der Waals surface area contributed by atoms with Gasteiger partial charge in [-0.15, -0.1) is 0 Å². The minimum atomic E-state index is -1.03. The van der Waals surface area contributed by atoms with Gasteiger partial charge >= 0.3 is 12.0 Å². The Morgan fingerprint density at radius 1 is 1.47 bits per heavy atom. The van der Waals surface area contributed by atoms with Crippen molar-refractivity contribution in [1.29, 1.82) is 0 Å². The third-order valence-electron chi connectivity index (χ3n) is 1.84. The molecule has 1 atom stereocenters. The molecule has 0 heterocycles. The van der Waals surface area contributed by atoms with Crippen LogP contribution in [0.4, 0.5) is 4.79 Å². The SMILES string of the molecule is COCCCC(NC(=O)N(C)C)C(=O)O. The van der Waals surface area contributed by atoms with Gasteiger partial charge in [-0.3, -0.25) is 0 Å². The standard InChI is InChI=1S/C9H18N2O4/c1-11(2)9(14)10-7(8(12)13)5-4-6-15-3/h7H,4-6H2,1-3H3,(H,10,14)(H,12,13). The Bertz CT molecular complexity index is 218. The quantitative estimate of drug-likeness (QED) is 0.621. The number of urea groups is 1. The van der Waals surface area contributed by atoms with Crippen LogP contribution in [0.2, 0.25) is 0 Å². The number of aliphatic carboxylic acids is 1. The Morgan fingerprint density at radius 3 is 2.47 bits per heavy atom. The number of rotatable bonds is 6. The van der Waals surface area contributed by atoms with Crippen LogP contribution in [-0.4, -0.2) is 55.9 Å². The summed E-state index contributed by atoms with van der Waals surface area (Å²) in [6.07, 6.45) is 0.962. The van der Waals surface area contributed by atoms with E-state index in [9.17, 15) is 9.59 Å². The van der Waals surface area contributed by atoms with Gasteiger partial charge in [-0.1, -0.05) is 0 Å². The summed E-state index contributed by atoms with van der Waals surface area (Å²) in [5.74, 6) is -1.03. The van der Waals surface area contributed by atoms with Crippen molar-refractivity contribution in [3.8, 4) is 0 Å². The van der Waals surface area contributed by atoms with Crippen molar-refractivity contribution in [1.82, 2.24) is 10.2 Å². The van der Waals surface area contributed by atoms with E-state index in [1.165, 1.54) is 4.90 Å². The van der Waals surface area contributed by atoms with Gasteiger partial charge in [0.25, 0.3) is 0 Å². The highest BCUT2D eigenvalue weighted by atomic mass is 16.5. The van der Waals surface area contributed by atoms with Crippen LogP contribution >= 0.6 is 0 Å². The number of hydrogen-bond acceptors (Lipinski definition) is 3. The van der Waals surface area contributed by atoms with Crippen molar-refractivity contribution in [3.63, 3.8) is 0 Å². The zero-order chi connectivity index (χ0) is 11.8. The molecule has 0 saturated carbocycles. The molecule has 0 saturated heterocycles. The first-order valence-electron chi connectivity index (χ1n) is 4.68. The van der Waals surface area contributed by atoms with Crippen LogP contribution in [0.5, 0.6) is 0 Å². The third-order valence-corrected chi connectivity index (χ3v) is 1.84. The first-order valence-corrected chi connectivity index (χ1v) is 4.68. The minimum Gasteiger partial charge on any atom is -0.480 e. The van der Waals surface area contributed by atoms with E-state index >= 15 is 0 Å². The summed E-state index contributed by atoms with van der Waals surface area (Å²) in [6.45, 7) is 0.488. The van der Waals surface area contributed by atoms with E-state index < -0.39 is 18.0 Å². The molecule has 0 aromatic heterocycles. The lowest BCUT2D eigenvalue weighted by atomic mass is 10.1. The molecular weight excluding hydrogens is 200 g/mol. The Labute approximate surface area is 89.2 Å². The summed E-state index contributed by atoms with van der Waals surface area (Å²) in [5.41, 5.74) is 0. The van der Waals surface area contributed by atoms with Crippen LogP contribution in [-0.2, 0) is 9.53 Å². The summed E-state index contributed by atoms with van der Waals surface area (Å²) in [7, 11) is 4.67. The number of ether oxygens (including phenoxy) is 1. The normalized spacial score (nSPS) is 11.9. The number of nitrogens with one attached hydrogen (secondary N) is 1. The van der Waals surface area contributed by atoms with Crippen molar-refractivity contribution < 1.29 is 19.4 Å². The fourth-order valence-electron chi connectivity index (χ4n) is 0.967. The maximum absolute atomic E-state index is 11.2. The lowest BCUT2D eigenvalue weighted by Crippen LogP contribution is -2.45. The molecule has 0 aromatic carbocycles. The maximum atomic E-state index is 11.2. The number of methoxy groups -OCH3 is 1. The second-order valence-corrected chi connectivity index (χ2v) is 3.37. The predicted molar refractivity (Wildman–Crippen MR) is 54.8 cm³/mol. The van der Waals surface area contributed by atoms with Crippen molar-refractivity contribution in [2.45, 2.75) is 18.9 Å². The zero-order valence-electron chi connectivity index (χ0n) is 9.32. The number of carboxylic acid groups (broad SMARTS) is 1. The monoisotopic (exact) mass is 218 g/mol. The molecule has 0 radical (unpaired) electrons. The van der Waals surface area contributed by atoms with E-state index in [-0.39, 0.29) is 0 Å². The van der Waals surface area contributed by atoms with Crippen molar-refractivity contribution in [2.75, 3.05) is 27.8 Å². The summed E-state index contributed by atoms with van der Waals surface area (Å²) in [5, 5.41) is 11.2. The lowest BCUT2D eigenvalue weighted by Gasteiger charge is -2.17. The molecule has 0 aliphatic carbocycles. The number of carbonyl (C=O) groups is 2. The molecule has 1 unspecified atom stereocenters. The van der Waals surface area contributed by atoms with Gasteiger partial charge in [-0.05, 0) is 12.8 Å². The van der Waals surface area contributed by atoms with Crippen LogP contribution < -0.4 is 5.32 Å². The molecular formula is C9H18N2O4. The Hall–Kier alpha value is -1.30. The molecule has 0 aliphatic heterocycles. The van der Waals surface area contributed by atoms with Gasteiger partial charge in [0.1, 0.15) is 6.04 Å². The molecule has 2 amide bonds. The van der Waals surface area contributed by atoms with Gasteiger partial charge in [-0.25, -0.2) is 9.59 Å². The number of amides is 2. The number of nitrogens with zero attached hydrogens (tertiary/aromatic N) is 1. The van der Waals surface area contributed by atoms with E-state index in [1.54, 1.807) is 21.2 Å². The maximum Gasteiger partial charge on any atom is 0.326 e. The van der Waals surface area contributed by atoms with E-state index in [2.05, 4.69) is 5.32 Å². The zero-order valence-corrected chi connectivity index (χ0v) is 9.32. The fraction of sp³-hybridized carbons (Fsp3) is 0.778. The molecule has 0 aliphatic rings. The molecule has 6 heteroatoms. The molecule has 2 N–H and O–H groups in total. The van der Waals surface area contributed by atoms with Crippen molar-refractivity contribution in [2.24, 2.45) is 0 Å².